The molecule has 0 saturated heterocycles. The molecule has 0 saturated carbocycles. The van der Waals surface area contributed by atoms with Gasteiger partial charge in [-0.3, -0.25) is 4.98 Å². The van der Waals surface area contributed by atoms with Crippen molar-refractivity contribution in [2.24, 2.45) is 0 Å². The highest BCUT2D eigenvalue weighted by Crippen LogP contribution is 2.25. The predicted molar refractivity (Wildman–Crippen MR) is 71.9 cm³/mol. The van der Waals surface area contributed by atoms with Gasteiger partial charge in [-0.15, -0.1) is 0 Å². The zero-order valence-electron chi connectivity index (χ0n) is 10.6. The van der Waals surface area contributed by atoms with Crippen molar-refractivity contribution in [3.8, 4) is 11.1 Å². The standard InChI is InChI=1S/C15H18N2/c1-11-10-17-8-7-15(11)14-6-4-5-13(9-14)12(2)16-3/h4-10,12,16H,1-3H3. The number of rotatable bonds is 3. The van der Waals surface area contributed by atoms with Crippen LogP contribution in [0.4, 0.5) is 0 Å². The van der Waals surface area contributed by atoms with Gasteiger partial charge in [-0.05, 0) is 55.3 Å². The Morgan fingerprint density at radius 1 is 1.24 bits per heavy atom. The van der Waals surface area contributed by atoms with Gasteiger partial charge < -0.3 is 5.32 Å². The summed E-state index contributed by atoms with van der Waals surface area (Å²) in [7, 11) is 1.98. The van der Waals surface area contributed by atoms with Crippen LogP contribution >= 0.6 is 0 Å². The Morgan fingerprint density at radius 2 is 2.06 bits per heavy atom. The first kappa shape index (κ1) is 11.8. The summed E-state index contributed by atoms with van der Waals surface area (Å²) in [5.74, 6) is 0. The molecule has 1 aromatic heterocycles. The van der Waals surface area contributed by atoms with Crippen molar-refractivity contribution in [3.63, 3.8) is 0 Å². The van der Waals surface area contributed by atoms with Crippen LogP contribution in [0.2, 0.25) is 0 Å². The summed E-state index contributed by atoms with van der Waals surface area (Å²) in [5.41, 5.74) is 5.03. The van der Waals surface area contributed by atoms with E-state index in [9.17, 15) is 0 Å². The maximum atomic E-state index is 4.13. The van der Waals surface area contributed by atoms with Gasteiger partial charge in [0.15, 0.2) is 0 Å². The van der Waals surface area contributed by atoms with Crippen molar-refractivity contribution in [2.75, 3.05) is 7.05 Å². The van der Waals surface area contributed by atoms with Crippen LogP contribution in [0.1, 0.15) is 24.1 Å². The van der Waals surface area contributed by atoms with Gasteiger partial charge in [-0.25, -0.2) is 0 Å². The average Bonchev–Trinajstić information content (AvgIpc) is 2.38. The maximum absolute atomic E-state index is 4.13. The second kappa shape index (κ2) is 5.11. The van der Waals surface area contributed by atoms with Gasteiger partial charge in [-0.1, -0.05) is 18.2 Å². The van der Waals surface area contributed by atoms with E-state index in [4.69, 9.17) is 0 Å². The van der Waals surface area contributed by atoms with Crippen LogP contribution in [-0.4, -0.2) is 12.0 Å². The first-order valence-electron chi connectivity index (χ1n) is 5.90. The van der Waals surface area contributed by atoms with Gasteiger partial charge >= 0.3 is 0 Å². The average molecular weight is 226 g/mol. The second-order valence-electron chi connectivity index (χ2n) is 4.33. The van der Waals surface area contributed by atoms with Crippen molar-refractivity contribution >= 4 is 0 Å². The fraction of sp³-hybridized carbons (Fsp3) is 0.267. The molecule has 0 aliphatic rings. The summed E-state index contributed by atoms with van der Waals surface area (Å²) in [4.78, 5) is 4.13. The molecule has 0 bridgehead atoms. The third-order valence-electron chi connectivity index (χ3n) is 3.15. The molecule has 1 N–H and O–H groups in total. The van der Waals surface area contributed by atoms with Crippen molar-refractivity contribution < 1.29 is 0 Å². The minimum atomic E-state index is 0.372. The van der Waals surface area contributed by atoms with E-state index in [0.717, 1.165) is 0 Å². The molecule has 17 heavy (non-hydrogen) atoms. The molecular formula is C15H18N2. The molecular weight excluding hydrogens is 208 g/mol. The van der Waals surface area contributed by atoms with E-state index in [1.165, 1.54) is 22.3 Å². The van der Waals surface area contributed by atoms with Crippen molar-refractivity contribution in [1.29, 1.82) is 0 Å². The number of hydrogen-bond acceptors (Lipinski definition) is 2. The van der Waals surface area contributed by atoms with E-state index in [2.05, 4.69) is 54.5 Å². The summed E-state index contributed by atoms with van der Waals surface area (Å²) in [6.07, 6.45) is 3.75. The van der Waals surface area contributed by atoms with Crippen LogP contribution in [0.3, 0.4) is 0 Å². The lowest BCUT2D eigenvalue weighted by Gasteiger charge is -2.13. The molecule has 0 spiro atoms. The van der Waals surface area contributed by atoms with Crippen molar-refractivity contribution in [2.45, 2.75) is 19.9 Å². The lowest BCUT2D eigenvalue weighted by Crippen LogP contribution is -2.12. The van der Waals surface area contributed by atoms with E-state index in [-0.39, 0.29) is 0 Å². The minimum absolute atomic E-state index is 0.372. The fourth-order valence-corrected chi connectivity index (χ4v) is 1.94. The van der Waals surface area contributed by atoms with E-state index in [1.807, 2.05) is 19.4 Å². The molecule has 2 rings (SSSR count). The fourth-order valence-electron chi connectivity index (χ4n) is 1.94. The van der Waals surface area contributed by atoms with Crippen LogP contribution in [0.15, 0.2) is 42.7 Å². The number of aromatic nitrogens is 1. The van der Waals surface area contributed by atoms with E-state index < -0.39 is 0 Å². The first-order valence-corrected chi connectivity index (χ1v) is 5.90. The molecule has 1 heterocycles. The Labute approximate surface area is 103 Å². The van der Waals surface area contributed by atoms with E-state index >= 15 is 0 Å². The monoisotopic (exact) mass is 226 g/mol. The Kier molecular flexibility index (Phi) is 3.55. The molecule has 2 nitrogen and oxygen atoms in total. The van der Waals surface area contributed by atoms with Crippen LogP contribution in [0.5, 0.6) is 0 Å². The lowest BCUT2D eigenvalue weighted by atomic mass is 9.98. The molecule has 2 aromatic rings. The van der Waals surface area contributed by atoms with Crippen molar-refractivity contribution in [3.05, 3.63) is 53.9 Å². The Morgan fingerprint density at radius 3 is 2.76 bits per heavy atom. The highest BCUT2D eigenvalue weighted by atomic mass is 14.8. The zero-order valence-corrected chi connectivity index (χ0v) is 10.6. The molecule has 2 heteroatoms. The quantitative estimate of drug-likeness (QED) is 0.868. The normalized spacial score (nSPS) is 12.4. The summed E-state index contributed by atoms with van der Waals surface area (Å²) in [5, 5.41) is 3.26. The molecule has 0 radical (unpaired) electrons. The molecule has 1 aromatic carbocycles. The minimum Gasteiger partial charge on any atom is -0.313 e. The summed E-state index contributed by atoms with van der Waals surface area (Å²) >= 11 is 0. The van der Waals surface area contributed by atoms with Gasteiger partial charge in [0.25, 0.3) is 0 Å². The van der Waals surface area contributed by atoms with Gasteiger partial charge in [-0.2, -0.15) is 0 Å². The first-order chi connectivity index (χ1) is 8.22. The van der Waals surface area contributed by atoms with Crippen molar-refractivity contribution in [1.82, 2.24) is 10.3 Å². The van der Waals surface area contributed by atoms with E-state index in [0.29, 0.717) is 6.04 Å². The number of hydrogen-bond donors (Lipinski definition) is 1. The van der Waals surface area contributed by atoms with Gasteiger partial charge in [0.1, 0.15) is 0 Å². The van der Waals surface area contributed by atoms with E-state index in [1.54, 1.807) is 0 Å². The highest BCUT2D eigenvalue weighted by molar-refractivity contribution is 5.67. The largest absolute Gasteiger partial charge is 0.313 e. The number of benzene rings is 1. The third kappa shape index (κ3) is 2.53. The van der Waals surface area contributed by atoms with Crippen LogP contribution < -0.4 is 5.32 Å². The number of aryl methyl sites for hydroxylation is 1. The van der Waals surface area contributed by atoms with Gasteiger partial charge in [0, 0.05) is 18.4 Å². The van der Waals surface area contributed by atoms with Gasteiger partial charge in [0.05, 0.1) is 0 Å². The maximum Gasteiger partial charge on any atom is 0.0303 e. The smallest absolute Gasteiger partial charge is 0.0303 e. The Hall–Kier alpha value is -1.67. The highest BCUT2D eigenvalue weighted by Gasteiger charge is 2.05. The number of nitrogens with zero attached hydrogens (tertiary/aromatic N) is 1. The topological polar surface area (TPSA) is 24.9 Å². The predicted octanol–water partition coefficient (Wildman–Crippen LogP) is 3.34. The number of nitrogens with one attached hydrogen (secondary N) is 1. The summed E-state index contributed by atoms with van der Waals surface area (Å²) in [6, 6.07) is 11.1. The molecule has 1 atom stereocenters. The Bertz CT molecular complexity index is 506. The molecule has 0 amide bonds. The number of pyridine rings is 1. The molecule has 0 fully saturated rings. The molecule has 0 aliphatic heterocycles. The summed E-state index contributed by atoms with van der Waals surface area (Å²) < 4.78 is 0. The molecule has 1 unspecified atom stereocenters. The lowest BCUT2D eigenvalue weighted by molar-refractivity contribution is 0.652. The van der Waals surface area contributed by atoms with Crippen LogP contribution in [0.25, 0.3) is 11.1 Å². The van der Waals surface area contributed by atoms with Gasteiger partial charge in [0.2, 0.25) is 0 Å². The van der Waals surface area contributed by atoms with Crippen LogP contribution in [-0.2, 0) is 0 Å². The third-order valence-corrected chi connectivity index (χ3v) is 3.15. The molecule has 0 aliphatic carbocycles. The Balaban J connectivity index is 2.43. The summed E-state index contributed by atoms with van der Waals surface area (Å²) in [6.45, 7) is 4.26. The second-order valence-corrected chi connectivity index (χ2v) is 4.33. The zero-order chi connectivity index (χ0) is 12.3. The van der Waals surface area contributed by atoms with Crippen LogP contribution in [0, 0.1) is 6.92 Å². The molecule has 88 valence electrons. The SMILES string of the molecule is CNC(C)c1cccc(-c2ccncc2C)c1.